The highest BCUT2D eigenvalue weighted by molar-refractivity contribution is 5.88. The normalized spacial score (nSPS) is 15.4. The molecule has 0 spiro atoms. The van der Waals surface area contributed by atoms with Crippen molar-refractivity contribution in [2.45, 2.75) is 19.4 Å². The van der Waals surface area contributed by atoms with Gasteiger partial charge in [0.25, 0.3) is 0 Å². The molecule has 0 saturated carbocycles. The second-order valence-corrected chi connectivity index (χ2v) is 10.5. The molecule has 4 aromatic carbocycles. The van der Waals surface area contributed by atoms with Crippen LogP contribution in [0.4, 0.5) is 0 Å². The molecule has 1 aliphatic rings. The summed E-state index contributed by atoms with van der Waals surface area (Å²) in [6.45, 7) is 3.42. The second-order valence-electron chi connectivity index (χ2n) is 10.5. The first-order valence-electron chi connectivity index (χ1n) is 13.7. The Morgan fingerprint density at radius 1 is 0.641 bits per heavy atom. The number of hydrogen-bond donors (Lipinski definition) is 0. The van der Waals surface area contributed by atoms with Gasteiger partial charge in [-0.15, -0.1) is 0 Å². The highest BCUT2D eigenvalue weighted by atomic mass is 15.2. The Bertz CT molecular complexity index is 1710. The van der Waals surface area contributed by atoms with E-state index in [0.29, 0.717) is 6.04 Å². The van der Waals surface area contributed by atoms with Crippen LogP contribution in [0.3, 0.4) is 0 Å². The maximum absolute atomic E-state index is 5.05. The molecule has 1 atom stereocenters. The minimum atomic E-state index is 0.364. The zero-order valence-corrected chi connectivity index (χ0v) is 22.4. The van der Waals surface area contributed by atoms with Crippen LogP contribution in [0.1, 0.15) is 24.2 Å². The van der Waals surface area contributed by atoms with Gasteiger partial charge in [-0.3, -0.25) is 4.90 Å². The molecule has 1 unspecified atom stereocenters. The lowest BCUT2D eigenvalue weighted by Gasteiger charge is -2.31. The molecule has 2 aromatic heterocycles. The molecule has 190 valence electrons. The van der Waals surface area contributed by atoms with Gasteiger partial charge in [0.05, 0.1) is 16.9 Å². The number of aromatic nitrogens is 2. The topological polar surface area (TPSA) is 21.1 Å². The summed E-state index contributed by atoms with van der Waals surface area (Å²) in [6.07, 6.45) is 1.09. The monoisotopic (exact) mass is 505 g/mol. The van der Waals surface area contributed by atoms with Crippen LogP contribution in [-0.4, -0.2) is 28.0 Å². The summed E-state index contributed by atoms with van der Waals surface area (Å²) >= 11 is 0. The molecular weight excluding hydrogens is 474 g/mol. The van der Waals surface area contributed by atoms with E-state index < -0.39 is 0 Å². The molecule has 0 saturated heterocycles. The highest BCUT2D eigenvalue weighted by Crippen LogP contribution is 2.39. The molecule has 6 aromatic rings. The van der Waals surface area contributed by atoms with Gasteiger partial charge >= 0.3 is 0 Å². The fourth-order valence-corrected chi connectivity index (χ4v) is 6.01. The summed E-state index contributed by atoms with van der Waals surface area (Å²) in [6, 6.07) is 43.6. The molecule has 3 heterocycles. The van der Waals surface area contributed by atoms with E-state index >= 15 is 0 Å². The van der Waals surface area contributed by atoms with Crippen molar-refractivity contribution >= 4 is 10.9 Å². The fraction of sp³-hybridized carbons (Fsp3) is 0.139. The van der Waals surface area contributed by atoms with Gasteiger partial charge in [-0.05, 0) is 67.4 Å². The summed E-state index contributed by atoms with van der Waals surface area (Å²) in [5, 5.41) is 1.38. The summed E-state index contributed by atoms with van der Waals surface area (Å²) in [4.78, 5) is 7.50. The van der Waals surface area contributed by atoms with Gasteiger partial charge in [-0.1, -0.05) is 91.0 Å². The quantitative estimate of drug-likeness (QED) is 0.239. The van der Waals surface area contributed by atoms with Gasteiger partial charge in [0.2, 0.25) is 0 Å². The number of fused-ring (bicyclic) bond motifs is 3. The van der Waals surface area contributed by atoms with E-state index in [9.17, 15) is 0 Å². The van der Waals surface area contributed by atoms with Crippen LogP contribution < -0.4 is 0 Å². The van der Waals surface area contributed by atoms with Gasteiger partial charge in [-0.25, -0.2) is 4.98 Å². The number of likely N-dealkylation sites (N-methyl/N-ethyl adjacent to an activating group) is 1. The Kier molecular flexibility index (Phi) is 5.87. The maximum atomic E-state index is 5.05. The molecule has 39 heavy (non-hydrogen) atoms. The number of nitrogens with zero attached hydrogens (tertiary/aromatic N) is 3. The van der Waals surface area contributed by atoms with Crippen molar-refractivity contribution in [3.8, 4) is 39.3 Å². The minimum Gasteiger partial charge on any atom is -0.312 e. The van der Waals surface area contributed by atoms with Crippen LogP contribution in [0.15, 0.2) is 121 Å². The van der Waals surface area contributed by atoms with Crippen molar-refractivity contribution < 1.29 is 0 Å². The largest absolute Gasteiger partial charge is 0.312 e. The molecule has 7 rings (SSSR count). The van der Waals surface area contributed by atoms with Crippen LogP contribution in [0, 0.1) is 0 Å². The minimum absolute atomic E-state index is 0.364. The lowest BCUT2D eigenvalue weighted by molar-refractivity contribution is 0.241. The Morgan fingerprint density at radius 2 is 1.23 bits per heavy atom. The van der Waals surface area contributed by atoms with Crippen molar-refractivity contribution in [1.82, 2.24) is 14.5 Å². The Balaban J connectivity index is 1.35. The van der Waals surface area contributed by atoms with E-state index in [0.717, 1.165) is 35.5 Å². The summed E-state index contributed by atoms with van der Waals surface area (Å²) in [7, 11) is 2.23. The van der Waals surface area contributed by atoms with Crippen molar-refractivity contribution in [3.63, 3.8) is 0 Å². The van der Waals surface area contributed by atoms with Gasteiger partial charge in [0.15, 0.2) is 0 Å². The number of pyridine rings is 1. The molecule has 1 aliphatic heterocycles. The van der Waals surface area contributed by atoms with Crippen LogP contribution in [-0.2, 0) is 6.42 Å². The third-order valence-corrected chi connectivity index (χ3v) is 8.21. The first-order valence-corrected chi connectivity index (χ1v) is 13.7. The van der Waals surface area contributed by atoms with Crippen molar-refractivity contribution in [1.29, 1.82) is 0 Å². The molecule has 0 radical (unpaired) electrons. The fourth-order valence-electron chi connectivity index (χ4n) is 6.01. The van der Waals surface area contributed by atoms with Crippen molar-refractivity contribution in [2.24, 2.45) is 0 Å². The van der Waals surface area contributed by atoms with Crippen LogP contribution in [0.2, 0.25) is 0 Å². The molecule has 0 bridgehead atoms. The number of hydrogen-bond acceptors (Lipinski definition) is 2. The maximum Gasteiger partial charge on any atom is 0.0715 e. The molecule has 0 amide bonds. The molecule has 3 nitrogen and oxygen atoms in total. The van der Waals surface area contributed by atoms with Gasteiger partial charge < -0.3 is 4.57 Å². The van der Waals surface area contributed by atoms with Gasteiger partial charge in [-0.2, -0.15) is 0 Å². The first-order chi connectivity index (χ1) is 19.2. The van der Waals surface area contributed by atoms with Gasteiger partial charge in [0.1, 0.15) is 0 Å². The predicted molar refractivity (Wildman–Crippen MR) is 162 cm³/mol. The number of rotatable bonds is 4. The molecule has 0 fully saturated rings. The zero-order valence-electron chi connectivity index (χ0n) is 22.4. The van der Waals surface area contributed by atoms with Crippen LogP contribution in [0.25, 0.3) is 50.2 Å². The van der Waals surface area contributed by atoms with E-state index in [-0.39, 0.29) is 0 Å². The average molecular weight is 506 g/mol. The molecule has 3 heteroatoms. The van der Waals surface area contributed by atoms with E-state index in [1.165, 1.54) is 39.0 Å². The summed E-state index contributed by atoms with van der Waals surface area (Å²) < 4.78 is 2.48. The van der Waals surface area contributed by atoms with E-state index in [4.69, 9.17) is 4.98 Å². The highest BCUT2D eigenvalue weighted by Gasteiger charge is 2.28. The molecular formula is C36H31N3. The van der Waals surface area contributed by atoms with E-state index in [1.807, 2.05) is 12.1 Å². The molecule has 0 aliphatic carbocycles. The lowest BCUT2D eigenvalue weighted by Crippen LogP contribution is -2.31. The second kappa shape index (κ2) is 9.68. The average Bonchev–Trinajstić information content (AvgIpc) is 3.35. The van der Waals surface area contributed by atoms with Crippen LogP contribution >= 0.6 is 0 Å². The Hall–Kier alpha value is -4.47. The van der Waals surface area contributed by atoms with Crippen LogP contribution in [0.5, 0.6) is 0 Å². The standard InChI is InChI=1S/C36H31N3/c1-25-36-32(21-22-38(25)2)31-15-9-10-16-35(31)39(36)30-19-17-26(18-20-30)29-23-33(27-11-5-3-6-12-27)37-34(24-29)28-13-7-4-8-14-28/h3-20,23-25H,21-22H2,1-2H3. The molecule has 0 N–H and O–H groups in total. The summed E-state index contributed by atoms with van der Waals surface area (Å²) in [5.41, 5.74) is 12.0. The van der Waals surface area contributed by atoms with E-state index in [2.05, 4.69) is 133 Å². The third kappa shape index (κ3) is 4.16. The zero-order chi connectivity index (χ0) is 26.3. The summed E-state index contributed by atoms with van der Waals surface area (Å²) in [5.74, 6) is 0. The Labute approximate surface area is 230 Å². The van der Waals surface area contributed by atoms with Crippen molar-refractivity contribution in [2.75, 3.05) is 13.6 Å². The van der Waals surface area contributed by atoms with Crippen molar-refractivity contribution in [3.05, 3.63) is 133 Å². The SMILES string of the molecule is CC1c2c(c3ccccc3n2-c2ccc(-c3cc(-c4ccccc4)nc(-c4ccccc4)c3)cc2)CCN1C. The van der Waals surface area contributed by atoms with Gasteiger partial charge in [0, 0.05) is 40.5 Å². The predicted octanol–water partition coefficient (Wildman–Crippen LogP) is 8.58. The van der Waals surface area contributed by atoms with E-state index in [1.54, 1.807) is 0 Å². The smallest absolute Gasteiger partial charge is 0.0715 e. The lowest BCUT2D eigenvalue weighted by atomic mass is 9.98. The number of para-hydroxylation sites is 1. The first kappa shape index (κ1) is 23.6. The number of benzene rings is 4. The Morgan fingerprint density at radius 3 is 1.87 bits per heavy atom. The third-order valence-electron chi connectivity index (χ3n) is 8.21.